The van der Waals surface area contributed by atoms with Crippen molar-refractivity contribution >= 4 is 15.9 Å². The van der Waals surface area contributed by atoms with Crippen LogP contribution < -0.4 is 10.5 Å². The largest absolute Gasteiger partial charge is 0.489 e. The van der Waals surface area contributed by atoms with Crippen LogP contribution in [0.25, 0.3) is 0 Å². The van der Waals surface area contributed by atoms with Crippen LogP contribution in [0.2, 0.25) is 0 Å². The average Bonchev–Trinajstić information content (AvgIpc) is 2.39. The van der Waals surface area contributed by atoms with Crippen LogP contribution >= 0.6 is 15.9 Å². The molecular formula is C16H18BrNO. The lowest BCUT2D eigenvalue weighted by atomic mass is 10.1. The van der Waals surface area contributed by atoms with E-state index < -0.39 is 0 Å². The van der Waals surface area contributed by atoms with E-state index in [-0.39, 0.29) is 6.04 Å². The van der Waals surface area contributed by atoms with E-state index in [1.165, 1.54) is 0 Å². The smallest absolute Gasteiger partial charge is 0.122 e. The first-order chi connectivity index (χ1) is 9.08. The first-order valence-electron chi connectivity index (χ1n) is 6.30. The normalized spacial score (nSPS) is 12.2. The zero-order valence-corrected chi connectivity index (χ0v) is 12.8. The van der Waals surface area contributed by atoms with E-state index in [0.29, 0.717) is 6.61 Å². The van der Waals surface area contributed by atoms with Gasteiger partial charge in [0, 0.05) is 16.1 Å². The van der Waals surface area contributed by atoms with Gasteiger partial charge in [0.2, 0.25) is 0 Å². The molecule has 0 fully saturated rings. The zero-order chi connectivity index (χ0) is 13.8. The van der Waals surface area contributed by atoms with Crippen LogP contribution in [-0.2, 0) is 6.61 Å². The Morgan fingerprint density at radius 3 is 2.58 bits per heavy atom. The van der Waals surface area contributed by atoms with Crippen LogP contribution in [0.1, 0.15) is 29.7 Å². The molecule has 2 N–H and O–H groups in total. The number of nitrogens with two attached hydrogens (primary N) is 1. The van der Waals surface area contributed by atoms with E-state index >= 15 is 0 Å². The van der Waals surface area contributed by atoms with Crippen molar-refractivity contribution in [1.29, 1.82) is 0 Å². The first-order valence-corrected chi connectivity index (χ1v) is 7.09. The number of ether oxygens (including phenoxy) is 1. The molecule has 0 aliphatic rings. The maximum Gasteiger partial charge on any atom is 0.122 e. The molecule has 3 heteroatoms. The third-order valence-electron chi connectivity index (χ3n) is 3.07. The van der Waals surface area contributed by atoms with Crippen LogP contribution in [0.5, 0.6) is 5.75 Å². The summed E-state index contributed by atoms with van der Waals surface area (Å²) in [5.41, 5.74) is 9.25. The van der Waals surface area contributed by atoms with Crippen molar-refractivity contribution in [1.82, 2.24) is 0 Å². The van der Waals surface area contributed by atoms with Crippen molar-refractivity contribution < 1.29 is 4.74 Å². The number of rotatable bonds is 4. The van der Waals surface area contributed by atoms with Crippen molar-refractivity contribution in [2.45, 2.75) is 26.5 Å². The minimum Gasteiger partial charge on any atom is -0.489 e. The Morgan fingerprint density at radius 2 is 1.95 bits per heavy atom. The number of aryl methyl sites for hydroxylation is 1. The van der Waals surface area contributed by atoms with Gasteiger partial charge in [-0.2, -0.15) is 0 Å². The third kappa shape index (κ3) is 3.58. The minimum atomic E-state index is 0.0519. The van der Waals surface area contributed by atoms with Crippen molar-refractivity contribution in [2.24, 2.45) is 5.73 Å². The van der Waals surface area contributed by atoms with Crippen molar-refractivity contribution in [3.8, 4) is 5.75 Å². The monoisotopic (exact) mass is 319 g/mol. The summed E-state index contributed by atoms with van der Waals surface area (Å²) in [6.45, 7) is 4.58. The number of hydrogen-bond acceptors (Lipinski definition) is 2. The van der Waals surface area contributed by atoms with Gasteiger partial charge in [0.1, 0.15) is 12.4 Å². The van der Waals surface area contributed by atoms with Gasteiger partial charge in [0.05, 0.1) is 0 Å². The molecule has 100 valence electrons. The van der Waals surface area contributed by atoms with Crippen molar-refractivity contribution in [3.63, 3.8) is 0 Å². The molecule has 0 aliphatic carbocycles. The molecule has 2 nitrogen and oxygen atoms in total. The molecular weight excluding hydrogens is 302 g/mol. The van der Waals surface area contributed by atoms with Gasteiger partial charge in [-0.15, -0.1) is 0 Å². The quantitative estimate of drug-likeness (QED) is 0.908. The SMILES string of the molecule is Cc1cc([C@H](C)N)ccc1OCc1ccccc1Br. The fraction of sp³-hybridized carbons (Fsp3) is 0.250. The Kier molecular flexibility index (Phi) is 4.61. The van der Waals surface area contributed by atoms with E-state index in [1.54, 1.807) is 0 Å². The molecule has 2 aromatic rings. The molecule has 0 radical (unpaired) electrons. The lowest BCUT2D eigenvalue weighted by Gasteiger charge is -2.13. The van der Waals surface area contributed by atoms with Crippen molar-refractivity contribution in [3.05, 3.63) is 63.6 Å². The predicted octanol–water partition coefficient (Wildman–Crippen LogP) is 4.36. The third-order valence-corrected chi connectivity index (χ3v) is 3.84. The fourth-order valence-corrected chi connectivity index (χ4v) is 2.29. The highest BCUT2D eigenvalue weighted by molar-refractivity contribution is 9.10. The lowest BCUT2D eigenvalue weighted by molar-refractivity contribution is 0.303. The van der Waals surface area contributed by atoms with Gasteiger partial charge in [0.15, 0.2) is 0 Å². The Morgan fingerprint density at radius 1 is 1.21 bits per heavy atom. The standard InChI is InChI=1S/C16H18BrNO/c1-11-9-13(12(2)18)7-8-16(11)19-10-14-5-3-4-6-15(14)17/h3-9,12H,10,18H2,1-2H3/t12-/m0/s1. The summed E-state index contributed by atoms with van der Waals surface area (Å²) in [6.07, 6.45) is 0. The maximum atomic E-state index is 5.87. The van der Waals surface area contributed by atoms with E-state index in [9.17, 15) is 0 Å². The summed E-state index contributed by atoms with van der Waals surface area (Å²) in [5.74, 6) is 0.903. The molecule has 0 saturated heterocycles. The predicted molar refractivity (Wildman–Crippen MR) is 82.3 cm³/mol. The number of benzene rings is 2. The van der Waals surface area contributed by atoms with Gasteiger partial charge >= 0.3 is 0 Å². The minimum absolute atomic E-state index is 0.0519. The molecule has 0 saturated carbocycles. The molecule has 19 heavy (non-hydrogen) atoms. The summed E-state index contributed by atoms with van der Waals surface area (Å²) >= 11 is 3.52. The van der Waals surface area contributed by atoms with E-state index in [4.69, 9.17) is 10.5 Å². The molecule has 0 bridgehead atoms. The highest BCUT2D eigenvalue weighted by Gasteiger charge is 2.05. The Hall–Kier alpha value is -1.32. The second-order valence-electron chi connectivity index (χ2n) is 4.69. The Balaban J connectivity index is 2.10. The van der Waals surface area contributed by atoms with Crippen LogP contribution in [0, 0.1) is 6.92 Å². The van der Waals surface area contributed by atoms with Gasteiger partial charge in [-0.3, -0.25) is 0 Å². The molecule has 0 unspecified atom stereocenters. The molecule has 0 amide bonds. The average molecular weight is 320 g/mol. The summed E-state index contributed by atoms with van der Waals surface area (Å²) in [5, 5.41) is 0. The van der Waals surface area contributed by atoms with Gasteiger partial charge in [-0.05, 0) is 37.1 Å². The topological polar surface area (TPSA) is 35.2 Å². The summed E-state index contributed by atoms with van der Waals surface area (Å²) < 4.78 is 6.94. The first kappa shape index (κ1) is 14.1. The zero-order valence-electron chi connectivity index (χ0n) is 11.2. The van der Waals surface area contributed by atoms with E-state index in [2.05, 4.69) is 28.1 Å². The molecule has 2 aromatic carbocycles. The van der Waals surface area contributed by atoms with Crippen LogP contribution in [-0.4, -0.2) is 0 Å². The summed E-state index contributed by atoms with van der Waals surface area (Å²) in [6, 6.07) is 14.2. The fourth-order valence-electron chi connectivity index (χ4n) is 1.89. The molecule has 2 rings (SSSR count). The van der Waals surface area contributed by atoms with E-state index in [1.807, 2.05) is 44.2 Å². The van der Waals surface area contributed by atoms with Gasteiger partial charge in [-0.25, -0.2) is 0 Å². The highest BCUT2D eigenvalue weighted by Crippen LogP contribution is 2.24. The highest BCUT2D eigenvalue weighted by atomic mass is 79.9. The van der Waals surface area contributed by atoms with Crippen LogP contribution in [0.3, 0.4) is 0 Å². The molecule has 0 aromatic heterocycles. The Bertz CT molecular complexity index is 566. The molecule has 0 heterocycles. The second-order valence-corrected chi connectivity index (χ2v) is 5.55. The molecule has 1 atom stereocenters. The van der Waals surface area contributed by atoms with Crippen molar-refractivity contribution in [2.75, 3.05) is 0 Å². The van der Waals surface area contributed by atoms with Gasteiger partial charge < -0.3 is 10.5 Å². The molecule has 0 spiro atoms. The van der Waals surface area contributed by atoms with Crippen LogP contribution in [0.4, 0.5) is 0 Å². The Labute approximate surface area is 122 Å². The summed E-state index contributed by atoms with van der Waals surface area (Å²) in [4.78, 5) is 0. The molecule has 0 aliphatic heterocycles. The number of hydrogen-bond donors (Lipinski definition) is 1. The second kappa shape index (κ2) is 6.22. The van der Waals surface area contributed by atoms with E-state index in [0.717, 1.165) is 26.9 Å². The summed E-state index contributed by atoms with van der Waals surface area (Å²) in [7, 11) is 0. The van der Waals surface area contributed by atoms with Gasteiger partial charge in [0.25, 0.3) is 0 Å². The lowest BCUT2D eigenvalue weighted by Crippen LogP contribution is -2.05. The maximum absolute atomic E-state index is 5.87. The van der Waals surface area contributed by atoms with Crippen LogP contribution in [0.15, 0.2) is 46.9 Å². The van der Waals surface area contributed by atoms with Gasteiger partial charge in [-0.1, -0.05) is 46.3 Å². The number of halogens is 1.